The number of amides is 1. The minimum atomic E-state index is 0.0273. The van der Waals surface area contributed by atoms with Gasteiger partial charge in [-0.15, -0.1) is 0 Å². The van der Waals surface area contributed by atoms with Gasteiger partial charge in [0.05, 0.1) is 5.69 Å². The molecule has 146 valence electrons. The van der Waals surface area contributed by atoms with E-state index in [1.807, 2.05) is 25.8 Å². The Kier molecular flexibility index (Phi) is 8.30. The molecular formula is C22H31N3O2. The van der Waals surface area contributed by atoms with Crippen molar-refractivity contribution in [3.63, 3.8) is 0 Å². The summed E-state index contributed by atoms with van der Waals surface area (Å²) < 4.78 is 0. The third-order valence-electron chi connectivity index (χ3n) is 4.82. The third kappa shape index (κ3) is 5.55. The first-order chi connectivity index (χ1) is 13.2. The Morgan fingerprint density at radius 2 is 1.81 bits per heavy atom. The highest BCUT2D eigenvalue weighted by atomic mass is 16.5. The molecule has 5 heteroatoms. The standard InChI is InChI=1S/C20H25N3O2.C2H6/c1-21-14-15-4-2-5-17(12-15)16-8-10-23(11-9-16)20(24)18-6-3-7-19(13-18)22-25;1-2/h2-7,12-13,16,21-22,25H,8-11,14H2,1H3;1-2H3. The molecule has 1 aliphatic heterocycles. The van der Waals surface area contributed by atoms with Crippen molar-refractivity contribution in [2.24, 2.45) is 0 Å². The van der Waals surface area contributed by atoms with Crippen LogP contribution in [0.4, 0.5) is 5.69 Å². The number of anilines is 1. The molecule has 0 unspecified atom stereocenters. The number of piperidine rings is 1. The van der Waals surface area contributed by atoms with Crippen molar-refractivity contribution in [3.8, 4) is 0 Å². The fourth-order valence-corrected chi connectivity index (χ4v) is 3.48. The van der Waals surface area contributed by atoms with E-state index in [9.17, 15) is 4.79 Å². The summed E-state index contributed by atoms with van der Waals surface area (Å²) in [5.74, 6) is 0.533. The Labute approximate surface area is 162 Å². The number of nitrogens with one attached hydrogen (secondary N) is 2. The lowest BCUT2D eigenvalue weighted by molar-refractivity contribution is 0.0713. The molecule has 1 saturated heterocycles. The molecule has 0 saturated carbocycles. The van der Waals surface area contributed by atoms with E-state index in [0.29, 0.717) is 17.2 Å². The average molecular weight is 370 g/mol. The Balaban J connectivity index is 0.00000126. The molecule has 3 rings (SSSR count). The van der Waals surface area contributed by atoms with Gasteiger partial charge < -0.3 is 10.2 Å². The summed E-state index contributed by atoms with van der Waals surface area (Å²) in [6.45, 7) is 6.40. The van der Waals surface area contributed by atoms with Gasteiger partial charge in [0.1, 0.15) is 0 Å². The largest absolute Gasteiger partial charge is 0.339 e. The summed E-state index contributed by atoms with van der Waals surface area (Å²) in [4.78, 5) is 14.6. The van der Waals surface area contributed by atoms with Crippen LogP contribution in [-0.4, -0.2) is 36.2 Å². The number of carbonyl (C=O) groups excluding carboxylic acids is 1. The highest BCUT2D eigenvalue weighted by Crippen LogP contribution is 2.29. The SMILES string of the molecule is CC.CNCc1cccc(C2CCN(C(=O)c3cccc(NO)c3)CC2)c1. The maximum Gasteiger partial charge on any atom is 0.253 e. The molecule has 0 spiro atoms. The summed E-state index contributed by atoms with van der Waals surface area (Å²) in [5.41, 5.74) is 5.89. The van der Waals surface area contributed by atoms with E-state index < -0.39 is 0 Å². The van der Waals surface area contributed by atoms with E-state index in [4.69, 9.17) is 5.21 Å². The third-order valence-corrected chi connectivity index (χ3v) is 4.82. The van der Waals surface area contributed by atoms with Gasteiger partial charge in [-0.2, -0.15) is 0 Å². The van der Waals surface area contributed by atoms with E-state index in [1.54, 1.807) is 24.3 Å². The summed E-state index contributed by atoms with van der Waals surface area (Å²) in [5, 5.41) is 12.2. The molecule has 0 atom stereocenters. The van der Waals surface area contributed by atoms with Gasteiger partial charge in [-0.3, -0.25) is 15.5 Å². The zero-order valence-corrected chi connectivity index (χ0v) is 16.5. The van der Waals surface area contributed by atoms with Gasteiger partial charge in [0.2, 0.25) is 0 Å². The quantitative estimate of drug-likeness (QED) is 0.689. The van der Waals surface area contributed by atoms with E-state index in [1.165, 1.54) is 11.1 Å². The smallest absolute Gasteiger partial charge is 0.253 e. The minimum absolute atomic E-state index is 0.0273. The number of nitrogens with zero attached hydrogens (tertiary/aromatic N) is 1. The van der Waals surface area contributed by atoms with E-state index >= 15 is 0 Å². The number of hydrogen-bond donors (Lipinski definition) is 3. The van der Waals surface area contributed by atoms with E-state index in [0.717, 1.165) is 32.5 Å². The van der Waals surface area contributed by atoms with Crippen molar-refractivity contribution in [2.45, 2.75) is 39.2 Å². The molecule has 0 radical (unpaired) electrons. The number of hydrogen-bond acceptors (Lipinski definition) is 4. The molecule has 0 aliphatic carbocycles. The topological polar surface area (TPSA) is 64.6 Å². The van der Waals surface area contributed by atoms with Crippen LogP contribution in [-0.2, 0) is 6.54 Å². The number of carbonyl (C=O) groups is 1. The van der Waals surface area contributed by atoms with Crippen molar-refractivity contribution in [3.05, 3.63) is 65.2 Å². The Morgan fingerprint density at radius 1 is 1.11 bits per heavy atom. The summed E-state index contributed by atoms with van der Waals surface area (Å²) in [6.07, 6.45) is 1.96. The maximum absolute atomic E-state index is 12.7. The van der Waals surface area contributed by atoms with Gasteiger partial charge in [0, 0.05) is 25.2 Å². The minimum Gasteiger partial charge on any atom is -0.339 e. The zero-order chi connectivity index (χ0) is 19.6. The van der Waals surface area contributed by atoms with Crippen molar-refractivity contribution in [2.75, 3.05) is 25.6 Å². The van der Waals surface area contributed by atoms with Gasteiger partial charge in [0.25, 0.3) is 5.91 Å². The van der Waals surface area contributed by atoms with Crippen LogP contribution in [0.2, 0.25) is 0 Å². The summed E-state index contributed by atoms with van der Waals surface area (Å²) in [6, 6.07) is 15.7. The summed E-state index contributed by atoms with van der Waals surface area (Å²) >= 11 is 0. The molecule has 27 heavy (non-hydrogen) atoms. The Morgan fingerprint density at radius 3 is 2.48 bits per heavy atom. The van der Waals surface area contributed by atoms with Crippen molar-refractivity contribution < 1.29 is 10.0 Å². The lowest BCUT2D eigenvalue weighted by atomic mass is 9.88. The van der Waals surface area contributed by atoms with Gasteiger partial charge in [-0.1, -0.05) is 44.2 Å². The first kappa shape index (κ1) is 20.9. The first-order valence-electron chi connectivity index (χ1n) is 9.74. The number of likely N-dealkylation sites (tertiary alicyclic amines) is 1. The molecule has 1 fully saturated rings. The van der Waals surface area contributed by atoms with Crippen LogP contribution >= 0.6 is 0 Å². The van der Waals surface area contributed by atoms with Crippen molar-refractivity contribution >= 4 is 11.6 Å². The molecule has 2 aromatic rings. The molecule has 0 aromatic heterocycles. The van der Waals surface area contributed by atoms with Crippen LogP contribution in [0.1, 0.15) is 54.1 Å². The second-order valence-electron chi connectivity index (χ2n) is 6.53. The van der Waals surface area contributed by atoms with Crippen LogP contribution in [0.15, 0.2) is 48.5 Å². The van der Waals surface area contributed by atoms with Gasteiger partial charge in [-0.25, -0.2) is 0 Å². The second kappa shape index (κ2) is 10.7. The lowest BCUT2D eigenvalue weighted by Gasteiger charge is -2.32. The van der Waals surface area contributed by atoms with Gasteiger partial charge >= 0.3 is 0 Å². The van der Waals surface area contributed by atoms with Crippen molar-refractivity contribution in [1.29, 1.82) is 0 Å². The highest BCUT2D eigenvalue weighted by molar-refractivity contribution is 5.95. The Hall–Kier alpha value is -2.37. The van der Waals surface area contributed by atoms with Crippen LogP contribution < -0.4 is 10.8 Å². The van der Waals surface area contributed by atoms with Gasteiger partial charge in [-0.05, 0) is 55.1 Å². The van der Waals surface area contributed by atoms with Crippen LogP contribution in [0, 0.1) is 0 Å². The molecule has 1 amide bonds. The number of rotatable bonds is 5. The predicted octanol–water partition coefficient (Wildman–Crippen LogP) is 4.25. The number of benzene rings is 2. The molecule has 1 aliphatic rings. The second-order valence-corrected chi connectivity index (χ2v) is 6.53. The Bertz CT molecular complexity index is 725. The van der Waals surface area contributed by atoms with Crippen LogP contribution in [0.3, 0.4) is 0 Å². The van der Waals surface area contributed by atoms with Crippen LogP contribution in [0.25, 0.3) is 0 Å². The lowest BCUT2D eigenvalue weighted by Crippen LogP contribution is -2.37. The van der Waals surface area contributed by atoms with Gasteiger partial charge in [0.15, 0.2) is 0 Å². The molecular weight excluding hydrogens is 338 g/mol. The van der Waals surface area contributed by atoms with E-state index in [-0.39, 0.29) is 5.91 Å². The normalized spacial score (nSPS) is 14.3. The maximum atomic E-state index is 12.7. The predicted molar refractivity (Wildman–Crippen MR) is 110 cm³/mol. The molecule has 0 bridgehead atoms. The van der Waals surface area contributed by atoms with Crippen LogP contribution in [0.5, 0.6) is 0 Å². The molecule has 5 nitrogen and oxygen atoms in total. The fraction of sp³-hybridized carbons (Fsp3) is 0.409. The molecule has 3 N–H and O–H groups in total. The zero-order valence-electron chi connectivity index (χ0n) is 16.5. The van der Waals surface area contributed by atoms with E-state index in [2.05, 4.69) is 35.1 Å². The van der Waals surface area contributed by atoms with Crippen molar-refractivity contribution in [1.82, 2.24) is 10.2 Å². The molecule has 2 aromatic carbocycles. The molecule has 1 heterocycles. The fourth-order valence-electron chi connectivity index (χ4n) is 3.48. The summed E-state index contributed by atoms with van der Waals surface area (Å²) in [7, 11) is 1.96. The monoisotopic (exact) mass is 369 g/mol. The highest BCUT2D eigenvalue weighted by Gasteiger charge is 2.24. The average Bonchev–Trinajstić information content (AvgIpc) is 2.75. The first-order valence-corrected chi connectivity index (χ1v) is 9.74.